The van der Waals surface area contributed by atoms with E-state index in [4.69, 9.17) is 4.74 Å². The van der Waals surface area contributed by atoms with Gasteiger partial charge in [-0.3, -0.25) is 0 Å². The number of alkyl halides is 1. The second kappa shape index (κ2) is 6.60. The van der Waals surface area contributed by atoms with Gasteiger partial charge in [-0.15, -0.1) is 0 Å². The van der Waals surface area contributed by atoms with Gasteiger partial charge in [0.1, 0.15) is 6.67 Å². The summed E-state index contributed by atoms with van der Waals surface area (Å²) in [6.07, 6.45) is 1.54. The second-order valence-corrected chi connectivity index (χ2v) is 5.01. The zero-order valence-corrected chi connectivity index (χ0v) is 12.7. The summed E-state index contributed by atoms with van der Waals surface area (Å²) in [6.45, 7) is -0.436. The SMILES string of the molecule is COc1cccc(-c2c(-c3ccccc3)ncn2CCF)c1F. The number of nitrogens with zero attached hydrogens (tertiary/aromatic N) is 2. The Bertz CT molecular complexity index is 800. The number of methoxy groups -OCH3 is 1. The van der Waals surface area contributed by atoms with Gasteiger partial charge in [0, 0.05) is 11.1 Å². The Morgan fingerprint density at radius 2 is 1.87 bits per heavy atom. The Balaban J connectivity index is 2.23. The molecule has 118 valence electrons. The fourth-order valence-corrected chi connectivity index (χ4v) is 2.58. The molecule has 0 unspecified atom stereocenters. The van der Waals surface area contributed by atoms with Crippen LogP contribution < -0.4 is 4.74 Å². The second-order valence-electron chi connectivity index (χ2n) is 5.01. The highest BCUT2D eigenvalue weighted by molar-refractivity contribution is 5.79. The summed E-state index contributed by atoms with van der Waals surface area (Å²) in [5.41, 5.74) is 2.35. The molecule has 5 heteroatoms. The fourth-order valence-electron chi connectivity index (χ4n) is 2.58. The zero-order chi connectivity index (χ0) is 16.2. The number of hydrogen-bond donors (Lipinski definition) is 0. The van der Waals surface area contributed by atoms with Crippen LogP contribution in [0.1, 0.15) is 0 Å². The number of aryl methyl sites for hydroxylation is 1. The van der Waals surface area contributed by atoms with Crippen LogP contribution in [0, 0.1) is 5.82 Å². The van der Waals surface area contributed by atoms with E-state index in [2.05, 4.69) is 4.98 Å². The van der Waals surface area contributed by atoms with Gasteiger partial charge in [-0.25, -0.2) is 13.8 Å². The lowest BCUT2D eigenvalue weighted by molar-refractivity contribution is 0.387. The highest BCUT2D eigenvalue weighted by atomic mass is 19.1. The van der Waals surface area contributed by atoms with Gasteiger partial charge in [-0.2, -0.15) is 0 Å². The molecule has 0 bridgehead atoms. The molecular formula is C18H16F2N2O. The van der Waals surface area contributed by atoms with E-state index in [-0.39, 0.29) is 12.3 Å². The summed E-state index contributed by atoms with van der Waals surface area (Å²) >= 11 is 0. The molecule has 0 N–H and O–H groups in total. The first-order chi connectivity index (χ1) is 11.3. The molecule has 1 aromatic heterocycles. The number of benzene rings is 2. The van der Waals surface area contributed by atoms with Crippen LogP contribution in [0.5, 0.6) is 5.75 Å². The van der Waals surface area contributed by atoms with Gasteiger partial charge in [0.25, 0.3) is 0 Å². The Morgan fingerprint density at radius 1 is 1.09 bits per heavy atom. The quantitative estimate of drug-likeness (QED) is 0.700. The molecule has 23 heavy (non-hydrogen) atoms. The topological polar surface area (TPSA) is 27.1 Å². The van der Waals surface area contributed by atoms with E-state index in [0.29, 0.717) is 17.0 Å². The Labute approximate surface area is 133 Å². The number of halogens is 2. The fraction of sp³-hybridized carbons (Fsp3) is 0.167. The van der Waals surface area contributed by atoms with Crippen LogP contribution in [0.15, 0.2) is 54.9 Å². The summed E-state index contributed by atoms with van der Waals surface area (Å²) < 4.78 is 34.2. The van der Waals surface area contributed by atoms with E-state index in [1.807, 2.05) is 30.3 Å². The minimum atomic E-state index is -0.552. The van der Waals surface area contributed by atoms with Crippen molar-refractivity contribution in [2.45, 2.75) is 6.54 Å². The van der Waals surface area contributed by atoms with Gasteiger partial charge >= 0.3 is 0 Å². The first kappa shape index (κ1) is 15.2. The lowest BCUT2D eigenvalue weighted by Gasteiger charge is -2.12. The molecule has 0 saturated carbocycles. The predicted molar refractivity (Wildman–Crippen MR) is 85.6 cm³/mol. The average Bonchev–Trinajstić information content (AvgIpc) is 3.00. The highest BCUT2D eigenvalue weighted by Crippen LogP contribution is 2.35. The average molecular weight is 314 g/mol. The zero-order valence-electron chi connectivity index (χ0n) is 12.7. The molecule has 3 aromatic rings. The lowest BCUT2D eigenvalue weighted by Crippen LogP contribution is -2.02. The van der Waals surface area contributed by atoms with Crippen molar-refractivity contribution in [2.24, 2.45) is 0 Å². The van der Waals surface area contributed by atoms with Gasteiger partial charge in [0.15, 0.2) is 11.6 Å². The number of aromatic nitrogens is 2. The molecule has 1 heterocycles. The molecule has 0 aliphatic carbocycles. The number of rotatable bonds is 5. The third-order valence-corrected chi connectivity index (χ3v) is 3.65. The minimum absolute atomic E-state index is 0.117. The summed E-state index contributed by atoms with van der Waals surface area (Å²) in [7, 11) is 1.42. The molecule has 0 aliphatic heterocycles. The molecule has 0 fully saturated rings. The van der Waals surface area contributed by atoms with Crippen molar-refractivity contribution in [1.82, 2.24) is 9.55 Å². The molecular weight excluding hydrogens is 298 g/mol. The van der Waals surface area contributed by atoms with Crippen LogP contribution in [0.2, 0.25) is 0 Å². The van der Waals surface area contributed by atoms with Crippen molar-refractivity contribution in [3.8, 4) is 28.3 Å². The lowest BCUT2D eigenvalue weighted by atomic mass is 10.0. The normalized spacial score (nSPS) is 10.7. The van der Waals surface area contributed by atoms with Crippen LogP contribution in [-0.4, -0.2) is 23.3 Å². The summed E-state index contributed by atoms with van der Waals surface area (Å²) in [4.78, 5) is 4.37. The molecule has 0 aliphatic rings. The van der Waals surface area contributed by atoms with Crippen molar-refractivity contribution in [3.05, 3.63) is 60.7 Å². The maximum absolute atomic E-state index is 14.7. The van der Waals surface area contributed by atoms with E-state index in [9.17, 15) is 8.78 Å². The van der Waals surface area contributed by atoms with E-state index >= 15 is 0 Å². The van der Waals surface area contributed by atoms with Crippen molar-refractivity contribution < 1.29 is 13.5 Å². The molecule has 0 amide bonds. The Kier molecular flexibility index (Phi) is 4.37. The number of hydrogen-bond acceptors (Lipinski definition) is 2. The van der Waals surface area contributed by atoms with Crippen molar-refractivity contribution >= 4 is 0 Å². The van der Waals surface area contributed by atoms with E-state index in [1.54, 1.807) is 22.8 Å². The predicted octanol–water partition coefficient (Wildman–Crippen LogP) is 4.33. The molecule has 0 spiro atoms. The summed E-state index contributed by atoms with van der Waals surface area (Å²) in [5.74, 6) is -0.331. The molecule has 2 aromatic carbocycles. The minimum Gasteiger partial charge on any atom is -0.494 e. The molecule has 0 saturated heterocycles. The molecule has 0 radical (unpaired) electrons. The third kappa shape index (κ3) is 2.82. The highest BCUT2D eigenvalue weighted by Gasteiger charge is 2.19. The first-order valence-corrected chi connectivity index (χ1v) is 7.25. The van der Waals surface area contributed by atoms with Crippen LogP contribution in [0.4, 0.5) is 8.78 Å². The maximum Gasteiger partial charge on any atom is 0.174 e. The van der Waals surface area contributed by atoms with Crippen molar-refractivity contribution in [3.63, 3.8) is 0 Å². The van der Waals surface area contributed by atoms with Gasteiger partial charge in [0.05, 0.1) is 31.4 Å². The monoisotopic (exact) mass is 314 g/mol. The van der Waals surface area contributed by atoms with Crippen LogP contribution in [-0.2, 0) is 6.54 Å². The van der Waals surface area contributed by atoms with Crippen LogP contribution in [0.25, 0.3) is 22.5 Å². The van der Waals surface area contributed by atoms with E-state index in [1.165, 1.54) is 13.4 Å². The summed E-state index contributed by atoms with van der Waals surface area (Å²) in [5, 5.41) is 0. The van der Waals surface area contributed by atoms with Crippen molar-refractivity contribution in [1.29, 1.82) is 0 Å². The van der Waals surface area contributed by atoms with E-state index in [0.717, 1.165) is 5.56 Å². The van der Waals surface area contributed by atoms with Gasteiger partial charge < -0.3 is 9.30 Å². The molecule has 3 nitrogen and oxygen atoms in total. The maximum atomic E-state index is 14.7. The molecule has 3 rings (SSSR count). The van der Waals surface area contributed by atoms with E-state index < -0.39 is 12.5 Å². The van der Waals surface area contributed by atoms with Gasteiger partial charge in [-0.05, 0) is 12.1 Å². The van der Waals surface area contributed by atoms with Crippen molar-refractivity contribution in [2.75, 3.05) is 13.8 Å². The van der Waals surface area contributed by atoms with Crippen LogP contribution in [0.3, 0.4) is 0 Å². The third-order valence-electron chi connectivity index (χ3n) is 3.65. The molecule has 0 atom stereocenters. The Hall–Kier alpha value is -2.69. The standard InChI is InChI=1S/C18H16F2N2O/c1-23-15-9-5-8-14(16(15)20)18-17(13-6-3-2-4-7-13)21-12-22(18)11-10-19/h2-9,12H,10-11H2,1H3. The van der Waals surface area contributed by atoms with Gasteiger partial charge in [0.2, 0.25) is 0 Å². The van der Waals surface area contributed by atoms with Crippen LogP contribution >= 0.6 is 0 Å². The largest absolute Gasteiger partial charge is 0.494 e. The smallest absolute Gasteiger partial charge is 0.174 e. The summed E-state index contributed by atoms with van der Waals surface area (Å²) in [6, 6.07) is 14.4. The first-order valence-electron chi connectivity index (χ1n) is 7.25. The van der Waals surface area contributed by atoms with Gasteiger partial charge in [-0.1, -0.05) is 36.4 Å². The Morgan fingerprint density at radius 3 is 2.57 bits per heavy atom. The number of ether oxygens (including phenoxy) is 1. The number of imidazole rings is 1.